The molecule has 0 bridgehead atoms. The van der Waals surface area contributed by atoms with Crippen molar-refractivity contribution in [1.82, 2.24) is 0 Å². The molecule has 8 aromatic rings. The number of fused-ring (bicyclic) bond motifs is 11. The standard InChI is InChI=1S/C56H49NO/c1-55(2)48-22-9-6-18-42(48)44-28-26-38(34-50(44)55)57(39-27-29-45-43-19-7-10-23-49(43)56(51(45)35-39)31-12-13-32-56)52-24-11-8-17-40(52)37-25-30-53-47(33-37)46-21-14-20-41(54(46)58-53)36-15-4-3-5-16-36/h6-11,14,17-30,33-36H,3-5,12-13,15-16,31-32H2,1-2H3. The number of hydrogen-bond donors (Lipinski definition) is 0. The molecule has 58 heavy (non-hydrogen) atoms. The summed E-state index contributed by atoms with van der Waals surface area (Å²) in [6.07, 6.45) is 11.5. The Morgan fingerprint density at radius 3 is 1.91 bits per heavy atom. The molecule has 2 nitrogen and oxygen atoms in total. The molecule has 4 aliphatic rings. The Hall–Kier alpha value is -5.86. The Bertz CT molecular complexity index is 2930. The van der Waals surface area contributed by atoms with Crippen molar-refractivity contribution in [2.75, 3.05) is 4.90 Å². The van der Waals surface area contributed by atoms with Crippen molar-refractivity contribution in [2.45, 2.75) is 88.4 Å². The molecule has 2 saturated carbocycles. The number of furan rings is 1. The molecule has 7 aromatic carbocycles. The topological polar surface area (TPSA) is 16.4 Å². The molecule has 12 rings (SSSR count). The third-order valence-corrected chi connectivity index (χ3v) is 14.8. The minimum Gasteiger partial charge on any atom is -0.456 e. The summed E-state index contributed by atoms with van der Waals surface area (Å²) in [6, 6.07) is 55.5. The summed E-state index contributed by atoms with van der Waals surface area (Å²) in [7, 11) is 0. The van der Waals surface area contributed by atoms with Gasteiger partial charge in [0.25, 0.3) is 0 Å². The van der Waals surface area contributed by atoms with E-state index in [4.69, 9.17) is 4.42 Å². The van der Waals surface area contributed by atoms with Crippen LogP contribution in [-0.4, -0.2) is 0 Å². The van der Waals surface area contributed by atoms with Crippen LogP contribution in [0.2, 0.25) is 0 Å². The first-order valence-electron chi connectivity index (χ1n) is 21.8. The van der Waals surface area contributed by atoms with Crippen LogP contribution in [0, 0.1) is 0 Å². The van der Waals surface area contributed by atoms with Gasteiger partial charge in [-0.1, -0.05) is 149 Å². The molecule has 0 N–H and O–H groups in total. The highest BCUT2D eigenvalue weighted by atomic mass is 16.3. The normalized spacial score (nSPS) is 17.4. The largest absolute Gasteiger partial charge is 0.456 e. The summed E-state index contributed by atoms with van der Waals surface area (Å²) in [4.78, 5) is 2.56. The first kappa shape index (κ1) is 34.2. The smallest absolute Gasteiger partial charge is 0.138 e. The van der Waals surface area contributed by atoms with Crippen molar-refractivity contribution < 1.29 is 4.42 Å². The minimum absolute atomic E-state index is 0.0819. The maximum atomic E-state index is 6.74. The van der Waals surface area contributed by atoms with Gasteiger partial charge in [0, 0.05) is 38.5 Å². The Morgan fingerprint density at radius 1 is 0.500 bits per heavy atom. The lowest BCUT2D eigenvalue weighted by Gasteiger charge is -2.32. The highest BCUT2D eigenvalue weighted by Crippen LogP contribution is 2.58. The molecule has 1 spiro atoms. The molecule has 2 fully saturated rings. The molecule has 2 heteroatoms. The van der Waals surface area contributed by atoms with E-state index in [1.807, 2.05) is 0 Å². The van der Waals surface area contributed by atoms with Crippen LogP contribution in [0.4, 0.5) is 17.1 Å². The van der Waals surface area contributed by atoms with Crippen molar-refractivity contribution in [3.05, 3.63) is 173 Å². The van der Waals surface area contributed by atoms with Crippen LogP contribution in [0.5, 0.6) is 0 Å². The van der Waals surface area contributed by atoms with E-state index >= 15 is 0 Å². The molecule has 1 aromatic heterocycles. The third kappa shape index (κ3) is 4.90. The van der Waals surface area contributed by atoms with Crippen molar-refractivity contribution in [1.29, 1.82) is 0 Å². The zero-order valence-electron chi connectivity index (χ0n) is 33.7. The highest BCUT2D eigenvalue weighted by molar-refractivity contribution is 6.08. The SMILES string of the molecule is CC1(C)c2ccccc2-c2ccc(N(c3ccc4c(c3)C3(CCCC3)c3ccccc3-4)c3ccccc3-c3ccc4oc5c(C6CCCCC6)cccc5c4c3)cc21. The van der Waals surface area contributed by atoms with Gasteiger partial charge in [-0.2, -0.15) is 0 Å². The van der Waals surface area contributed by atoms with Gasteiger partial charge in [-0.05, 0) is 130 Å². The van der Waals surface area contributed by atoms with Crippen LogP contribution in [0.1, 0.15) is 105 Å². The number of rotatable bonds is 5. The second-order valence-corrected chi connectivity index (χ2v) is 18.2. The summed E-state index contributed by atoms with van der Waals surface area (Å²) in [5.41, 5.74) is 20.8. The van der Waals surface area contributed by atoms with Crippen LogP contribution in [0.15, 0.2) is 150 Å². The van der Waals surface area contributed by atoms with E-state index < -0.39 is 0 Å². The second kappa shape index (κ2) is 12.8. The monoisotopic (exact) mass is 751 g/mol. The first-order chi connectivity index (χ1) is 28.5. The van der Waals surface area contributed by atoms with Crippen molar-refractivity contribution >= 4 is 39.0 Å². The fraction of sp³-hybridized carbons (Fsp3) is 0.250. The molecule has 0 saturated heterocycles. The van der Waals surface area contributed by atoms with Crippen LogP contribution in [-0.2, 0) is 10.8 Å². The van der Waals surface area contributed by atoms with Crippen molar-refractivity contribution in [3.8, 4) is 33.4 Å². The lowest BCUT2D eigenvalue weighted by atomic mass is 9.76. The van der Waals surface area contributed by atoms with Crippen molar-refractivity contribution in [2.24, 2.45) is 0 Å². The van der Waals surface area contributed by atoms with E-state index in [9.17, 15) is 0 Å². The lowest BCUT2D eigenvalue weighted by molar-refractivity contribution is 0.442. The Balaban J connectivity index is 1.05. The van der Waals surface area contributed by atoms with Gasteiger partial charge in [-0.25, -0.2) is 0 Å². The highest BCUT2D eigenvalue weighted by Gasteiger charge is 2.45. The number of benzene rings is 7. The van der Waals surface area contributed by atoms with E-state index in [-0.39, 0.29) is 10.8 Å². The van der Waals surface area contributed by atoms with E-state index in [1.54, 1.807) is 0 Å². The van der Waals surface area contributed by atoms with Gasteiger partial charge in [0.1, 0.15) is 11.2 Å². The zero-order valence-corrected chi connectivity index (χ0v) is 33.7. The lowest BCUT2D eigenvalue weighted by Crippen LogP contribution is -2.21. The summed E-state index contributed by atoms with van der Waals surface area (Å²) in [5, 5.41) is 2.43. The number of anilines is 3. The van der Waals surface area contributed by atoms with Gasteiger partial charge in [-0.3, -0.25) is 0 Å². The number of para-hydroxylation sites is 2. The van der Waals surface area contributed by atoms with Crippen LogP contribution in [0.3, 0.4) is 0 Å². The number of nitrogens with zero attached hydrogens (tertiary/aromatic N) is 1. The molecular formula is C56H49NO. The average molecular weight is 752 g/mol. The summed E-state index contributed by atoms with van der Waals surface area (Å²) in [5.74, 6) is 0.584. The van der Waals surface area contributed by atoms with Gasteiger partial charge >= 0.3 is 0 Å². The fourth-order valence-corrected chi connectivity index (χ4v) is 12.0. The average Bonchev–Trinajstić information content (AvgIpc) is 4.03. The first-order valence-corrected chi connectivity index (χ1v) is 21.8. The Labute approximate surface area is 342 Å². The molecule has 0 radical (unpaired) electrons. The van der Waals surface area contributed by atoms with E-state index in [2.05, 4.69) is 164 Å². The fourth-order valence-electron chi connectivity index (χ4n) is 12.0. The Morgan fingerprint density at radius 2 is 1.14 bits per heavy atom. The molecule has 4 aliphatic carbocycles. The molecule has 0 atom stereocenters. The van der Waals surface area contributed by atoms with Crippen LogP contribution < -0.4 is 4.90 Å². The molecule has 0 unspecified atom stereocenters. The zero-order chi connectivity index (χ0) is 38.6. The molecular weight excluding hydrogens is 703 g/mol. The third-order valence-electron chi connectivity index (χ3n) is 14.8. The summed E-state index contributed by atoms with van der Waals surface area (Å²) < 4.78 is 6.74. The van der Waals surface area contributed by atoms with Crippen molar-refractivity contribution in [3.63, 3.8) is 0 Å². The van der Waals surface area contributed by atoms with Gasteiger partial charge in [-0.15, -0.1) is 0 Å². The molecule has 0 aliphatic heterocycles. The van der Waals surface area contributed by atoms with Gasteiger partial charge in [0.15, 0.2) is 0 Å². The van der Waals surface area contributed by atoms with E-state index in [1.165, 1.54) is 147 Å². The van der Waals surface area contributed by atoms with Crippen LogP contribution in [0.25, 0.3) is 55.3 Å². The van der Waals surface area contributed by atoms with Gasteiger partial charge in [0.05, 0.1) is 5.69 Å². The molecule has 1 heterocycles. The predicted molar refractivity (Wildman–Crippen MR) is 242 cm³/mol. The Kier molecular flexibility index (Phi) is 7.56. The number of hydrogen-bond acceptors (Lipinski definition) is 2. The predicted octanol–water partition coefficient (Wildman–Crippen LogP) is 15.9. The minimum atomic E-state index is -0.107. The summed E-state index contributed by atoms with van der Waals surface area (Å²) >= 11 is 0. The van der Waals surface area contributed by atoms with Gasteiger partial charge in [0.2, 0.25) is 0 Å². The second-order valence-electron chi connectivity index (χ2n) is 18.2. The van der Waals surface area contributed by atoms with E-state index in [0.717, 1.165) is 11.2 Å². The molecule has 284 valence electrons. The van der Waals surface area contributed by atoms with Crippen LogP contribution >= 0.6 is 0 Å². The summed E-state index contributed by atoms with van der Waals surface area (Å²) in [6.45, 7) is 4.78. The maximum Gasteiger partial charge on any atom is 0.138 e. The molecule has 0 amide bonds. The van der Waals surface area contributed by atoms with Gasteiger partial charge < -0.3 is 9.32 Å². The van der Waals surface area contributed by atoms with E-state index in [0.29, 0.717) is 5.92 Å². The quantitative estimate of drug-likeness (QED) is 0.174. The maximum absolute atomic E-state index is 6.74.